The second kappa shape index (κ2) is 6.57. The summed E-state index contributed by atoms with van der Waals surface area (Å²) in [6.45, 7) is 6.67. The Morgan fingerprint density at radius 2 is 1.89 bits per heavy atom. The summed E-state index contributed by atoms with van der Waals surface area (Å²) in [6.07, 6.45) is 2.43. The van der Waals surface area contributed by atoms with E-state index in [1.54, 1.807) is 0 Å². The topological polar surface area (TPSA) is 53.6 Å². The van der Waals surface area contributed by atoms with Gasteiger partial charge in [-0.1, -0.05) is 32.0 Å². The van der Waals surface area contributed by atoms with Crippen LogP contribution in [0.2, 0.25) is 0 Å². The Labute approximate surface area is 115 Å². The number of guanidine groups is 1. The summed E-state index contributed by atoms with van der Waals surface area (Å²) in [7, 11) is 0. The molecule has 0 radical (unpaired) electrons. The molecule has 1 saturated heterocycles. The molecule has 0 bridgehead atoms. The minimum absolute atomic E-state index is 0.766. The van der Waals surface area contributed by atoms with Crippen molar-refractivity contribution in [2.24, 2.45) is 22.7 Å². The SMILES string of the molecule is CC(C)C1CCN(C(=Nc2ccccc2)NN)CC1. The van der Waals surface area contributed by atoms with Crippen LogP contribution in [0, 0.1) is 11.8 Å². The Kier molecular flexibility index (Phi) is 4.80. The Hall–Kier alpha value is -1.55. The predicted octanol–water partition coefficient (Wildman–Crippen LogP) is 2.51. The first-order chi connectivity index (χ1) is 9.20. The van der Waals surface area contributed by atoms with E-state index in [9.17, 15) is 0 Å². The van der Waals surface area contributed by atoms with E-state index in [4.69, 9.17) is 5.84 Å². The molecule has 1 aliphatic rings. The molecule has 4 nitrogen and oxygen atoms in total. The van der Waals surface area contributed by atoms with Gasteiger partial charge in [-0.3, -0.25) is 5.43 Å². The Morgan fingerprint density at radius 3 is 2.42 bits per heavy atom. The minimum atomic E-state index is 0.766. The number of nitrogens with zero attached hydrogens (tertiary/aromatic N) is 2. The smallest absolute Gasteiger partial charge is 0.213 e. The molecule has 104 valence electrons. The van der Waals surface area contributed by atoms with Crippen LogP contribution in [0.3, 0.4) is 0 Å². The summed E-state index contributed by atoms with van der Waals surface area (Å²) >= 11 is 0. The Morgan fingerprint density at radius 1 is 1.26 bits per heavy atom. The summed E-state index contributed by atoms with van der Waals surface area (Å²) in [6, 6.07) is 9.93. The molecule has 1 heterocycles. The number of likely N-dealkylation sites (tertiary alicyclic amines) is 1. The highest BCUT2D eigenvalue weighted by molar-refractivity contribution is 5.82. The minimum Gasteiger partial charge on any atom is -0.342 e. The predicted molar refractivity (Wildman–Crippen MR) is 80.0 cm³/mol. The van der Waals surface area contributed by atoms with E-state index >= 15 is 0 Å². The number of rotatable bonds is 2. The molecule has 3 N–H and O–H groups in total. The zero-order valence-electron chi connectivity index (χ0n) is 11.8. The van der Waals surface area contributed by atoms with E-state index in [0.29, 0.717) is 0 Å². The number of aliphatic imine (C=N–C) groups is 1. The molecule has 0 saturated carbocycles. The third-order valence-corrected chi connectivity index (χ3v) is 3.90. The van der Waals surface area contributed by atoms with E-state index in [1.165, 1.54) is 12.8 Å². The average Bonchev–Trinajstić information content (AvgIpc) is 2.46. The van der Waals surface area contributed by atoms with Crippen LogP contribution in [0.15, 0.2) is 35.3 Å². The number of nitrogens with one attached hydrogen (secondary N) is 1. The van der Waals surface area contributed by atoms with Crippen LogP contribution < -0.4 is 11.3 Å². The van der Waals surface area contributed by atoms with Crippen LogP contribution in [0.5, 0.6) is 0 Å². The zero-order valence-corrected chi connectivity index (χ0v) is 11.8. The fraction of sp³-hybridized carbons (Fsp3) is 0.533. The lowest BCUT2D eigenvalue weighted by atomic mass is 9.87. The molecular weight excluding hydrogens is 236 g/mol. The number of hydrogen-bond acceptors (Lipinski definition) is 2. The van der Waals surface area contributed by atoms with Gasteiger partial charge >= 0.3 is 0 Å². The van der Waals surface area contributed by atoms with Gasteiger partial charge in [0.2, 0.25) is 5.96 Å². The molecule has 0 aliphatic carbocycles. The van der Waals surface area contributed by atoms with Crippen LogP contribution in [-0.4, -0.2) is 23.9 Å². The molecule has 1 aliphatic heterocycles. The lowest BCUT2D eigenvalue weighted by Gasteiger charge is -2.35. The quantitative estimate of drug-likeness (QED) is 0.372. The van der Waals surface area contributed by atoms with Gasteiger partial charge in [0.15, 0.2) is 0 Å². The van der Waals surface area contributed by atoms with Gasteiger partial charge < -0.3 is 4.90 Å². The molecule has 0 amide bonds. The molecule has 1 aromatic carbocycles. The van der Waals surface area contributed by atoms with E-state index in [2.05, 4.69) is 29.2 Å². The number of benzene rings is 1. The first-order valence-corrected chi connectivity index (χ1v) is 7.06. The molecule has 4 heteroatoms. The van der Waals surface area contributed by atoms with Gasteiger partial charge in [0.1, 0.15) is 0 Å². The summed E-state index contributed by atoms with van der Waals surface area (Å²) in [5, 5.41) is 0. The van der Waals surface area contributed by atoms with E-state index < -0.39 is 0 Å². The highest BCUT2D eigenvalue weighted by atomic mass is 15.4. The fourth-order valence-electron chi connectivity index (χ4n) is 2.60. The lowest BCUT2D eigenvalue weighted by molar-refractivity contribution is 0.216. The molecule has 0 unspecified atom stereocenters. The maximum Gasteiger partial charge on any atom is 0.213 e. The summed E-state index contributed by atoms with van der Waals surface area (Å²) in [5.74, 6) is 7.99. The lowest BCUT2D eigenvalue weighted by Crippen LogP contribution is -2.48. The van der Waals surface area contributed by atoms with Gasteiger partial charge in [-0.25, -0.2) is 10.8 Å². The number of para-hydroxylation sites is 1. The number of nitrogens with two attached hydrogens (primary N) is 1. The van der Waals surface area contributed by atoms with Crippen molar-refractivity contribution in [3.8, 4) is 0 Å². The maximum atomic E-state index is 5.62. The summed E-state index contributed by atoms with van der Waals surface area (Å²) in [4.78, 5) is 6.82. The average molecular weight is 260 g/mol. The van der Waals surface area contributed by atoms with Crippen molar-refractivity contribution in [2.45, 2.75) is 26.7 Å². The Bertz CT molecular complexity index is 405. The highest BCUT2D eigenvalue weighted by Crippen LogP contribution is 2.24. The highest BCUT2D eigenvalue weighted by Gasteiger charge is 2.23. The van der Waals surface area contributed by atoms with E-state index in [1.807, 2.05) is 30.3 Å². The van der Waals surface area contributed by atoms with E-state index in [0.717, 1.165) is 36.6 Å². The second-order valence-electron chi connectivity index (χ2n) is 5.48. The van der Waals surface area contributed by atoms with Crippen molar-refractivity contribution in [1.82, 2.24) is 10.3 Å². The van der Waals surface area contributed by atoms with Crippen molar-refractivity contribution in [2.75, 3.05) is 13.1 Å². The normalized spacial score (nSPS) is 17.9. The van der Waals surface area contributed by atoms with Crippen LogP contribution in [0.1, 0.15) is 26.7 Å². The molecule has 0 aromatic heterocycles. The van der Waals surface area contributed by atoms with Crippen molar-refractivity contribution in [3.05, 3.63) is 30.3 Å². The molecular formula is C15H24N4. The van der Waals surface area contributed by atoms with E-state index in [-0.39, 0.29) is 0 Å². The number of piperidine rings is 1. The van der Waals surface area contributed by atoms with Crippen LogP contribution in [-0.2, 0) is 0 Å². The first-order valence-electron chi connectivity index (χ1n) is 7.06. The molecule has 2 rings (SSSR count). The molecule has 19 heavy (non-hydrogen) atoms. The third kappa shape index (κ3) is 3.70. The van der Waals surface area contributed by atoms with Gasteiger partial charge in [0, 0.05) is 13.1 Å². The standard InChI is InChI=1S/C15H24N4/c1-12(2)13-8-10-19(11-9-13)15(18-16)17-14-6-4-3-5-7-14/h3-7,12-13H,8-11,16H2,1-2H3,(H,17,18). The van der Waals surface area contributed by atoms with Crippen molar-refractivity contribution < 1.29 is 0 Å². The van der Waals surface area contributed by atoms with Crippen LogP contribution >= 0.6 is 0 Å². The monoisotopic (exact) mass is 260 g/mol. The van der Waals surface area contributed by atoms with Gasteiger partial charge in [0.25, 0.3) is 0 Å². The summed E-state index contributed by atoms with van der Waals surface area (Å²) < 4.78 is 0. The van der Waals surface area contributed by atoms with Gasteiger partial charge in [0.05, 0.1) is 5.69 Å². The van der Waals surface area contributed by atoms with Gasteiger partial charge in [-0.15, -0.1) is 0 Å². The van der Waals surface area contributed by atoms with Crippen molar-refractivity contribution >= 4 is 11.6 Å². The molecule has 0 spiro atoms. The number of hydrazine groups is 1. The molecule has 1 aromatic rings. The molecule has 1 fully saturated rings. The fourth-order valence-corrected chi connectivity index (χ4v) is 2.60. The van der Waals surface area contributed by atoms with Gasteiger partial charge in [-0.05, 0) is 36.8 Å². The van der Waals surface area contributed by atoms with Crippen molar-refractivity contribution in [1.29, 1.82) is 0 Å². The zero-order chi connectivity index (χ0) is 13.7. The second-order valence-corrected chi connectivity index (χ2v) is 5.48. The third-order valence-electron chi connectivity index (χ3n) is 3.90. The largest absolute Gasteiger partial charge is 0.342 e. The summed E-state index contributed by atoms with van der Waals surface area (Å²) in [5.41, 5.74) is 3.67. The first kappa shape index (κ1) is 13.9. The maximum absolute atomic E-state index is 5.62. The van der Waals surface area contributed by atoms with Crippen LogP contribution in [0.25, 0.3) is 0 Å². The van der Waals surface area contributed by atoms with Gasteiger partial charge in [-0.2, -0.15) is 0 Å². The molecule has 0 atom stereocenters. The number of hydrogen-bond donors (Lipinski definition) is 2. The Balaban J connectivity index is 2.02. The van der Waals surface area contributed by atoms with Crippen LogP contribution in [0.4, 0.5) is 5.69 Å². The van der Waals surface area contributed by atoms with Crippen molar-refractivity contribution in [3.63, 3.8) is 0 Å².